The Morgan fingerprint density at radius 2 is 2.45 bits per heavy atom. The van der Waals surface area contributed by atoms with Gasteiger partial charge in [0.05, 0.1) is 11.9 Å². The van der Waals surface area contributed by atoms with Gasteiger partial charge in [-0.05, 0) is 12.8 Å². The summed E-state index contributed by atoms with van der Waals surface area (Å²) >= 11 is 3.49. The molecule has 4 heteroatoms. The van der Waals surface area contributed by atoms with Crippen LogP contribution in [0.15, 0.2) is 6.20 Å². The minimum absolute atomic E-state index is 0.567. The molecular weight excluding hydrogens is 206 g/mol. The lowest BCUT2D eigenvalue weighted by Gasteiger charge is -2.01. The lowest BCUT2D eigenvalue weighted by Crippen LogP contribution is -2.01. The van der Waals surface area contributed by atoms with E-state index in [0.29, 0.717) is 4.83 Å². The molecule has 0 amide bonds. The van der Waals surface area contributed by atoms with E-state index in [1.807, 2.05) is 17.9 Å². The highest BCUT2D eigenvalue weighted by molar-refractivity contribution is 9.09. The summed E-state index contributed by atoms with van der Waals surface area (Å²) in [7, 11) is 1.92. The predicted octanol–water partition coefficient (Wildman–Crippen LogP) is 1.53. The van der Waals surface area contributed by atoms with Gasteiger partial charge in [0.15, 0.2) is 0 Å². The van der Waals surface area contributed by atoms with E-state index in [0.717, 1.165) is 12.8 Å². The van der Waals surface area contributed by atoms with E-state index in [-0.39, 0.29) is 0 Å². The molecule has 0 aliphatic heterocycles. The van der Waals surface area contributed by atoms with Gasteiger partial charge in [0, 0.05) is 11.9 Å². The molecule has 0 radical (unpaired) electrons. The number of alkyl halides is 1. The second-order valence-electron chi connectivity index (χ2n) is 2.67. The van der Waals surface area contributed by atoms with Crippen molar-refractivity contribution in [3.05, 3.63) is 11.9 Å². The smallest absolute Gasteiger partial charge is 0.0724 e. The fourth-order valence-electron chi connectivity index (χ4n) is 0.884. The standard InChI is InChI=1S/C7H12BrN3/c1-6(8)3-4-7-5-9-10-11(7)2/h5-6H,3-4H2,1-2H3. The number of nitrogens with zero attached hydrogens (tertiary/aromatic N) is 3. The van der Waals surface area contributed by atoms with E-state index in [9.17, 15) is 0 Å². The molecule has 1 atom stereocenters. The van der Waals surface area contributed by atoms with Crippen LogP contribution in [0.4, 0.5) is 0 Å². The van der Waals surface area contributed by atoms with Crippen molar-refractivity contribution in [2.75, 3.05) is 0 Å². The highest BCUT2D eigenvalue weighted by atomic mass is 79.9. The van der Waals surface area contributed by atoms with Crippen molar-refractivity contribution in [3.8, 4) is 0 Å². The van der Waals surface area contributed by atoms with Crippen LogP contribution in [0.25, 0.3) is 0 Å². The topological polar surface area (TPSA) is 30.7 Å². The van der Waals surface area contributed by atoms with Crippen LogP contribution in [0.2, 0.25) is 0 Å². The van der Waals surface area contributed by atoms with E-state index < -0.39 is 0 Å². The van der Waals surface area contributed by atoms with E-state index >= 15 is 0 Å². The first-order valence-electron chi connectivity index (χ1n) is 3.68. The van der Waals surface area contributed by atoms with Crippen molar-refractivity contribution in [2.45, 2.75) is 24.6 Å². The summed E-state index contributed by atoms with van der Waals surface area (Å²) in [6.45, 7) is 2.14. The van der Waals surface area contributed by atoms with E-state index in [1.54, 1.807) is 0 Å². The van der Waals surface area contributed by atoms with Gasteiger partial charge in [-0.25, -0.2) is 0 Å². The van der Waals surface area contributed by atoms with Gasteiger partial charge in [-0.15, -0.1) is 5.10 Å². The first-order chi connectivity index (χ1) is 5.20. The molecule has 0 bridgehead atoms. The lowest BCUT2D eigenvalue weighted by molar-refractivity contribution is 0.660. The van der Waals surface area contributed by atoms with Gasteiger partial charge in [-0.2, -0.15) is 0 Å². The summed E-state index contributed by atoms with van der Waals surface area (Å²) in [5.41, 5.74) is 1.19. The fraction of sp³-hybridized carbons (Fsp3) is 0.714. The minimum atomic E-state index is 0.567. The van der Waals surface area contributed by atoms with Crippen molar-refractivity contribution in [1.82, 2.24) is 15.0 Å². The van der Waals surface area contributed by atoms with E-state index in [1.165, 1.54) is 5.69 Å². The van der Waals surface area contributed by atoms with Crippen molar-refractivity contribution in [1.29, 1.82) is 0 Å². The third-order valence-electron chi connectivity index (χ3n) is 1.61. The van der Waals surface area contributed by atoms with Gasteiger partial charge in [0.25, 0.3) is 0 Å². The Morgan fingerprint density at radius 3 is 2.91 bits per heavy atom. The average Bonchev–Trinajstić information content (AvgIpc) is 2.31. The molecule has 0 spiro atoms. The van der Waals surface area contributed by atoms with E-state index in [4.69, 9.17) is 0 Å². The molecule has 1 unspecified atom stereocenters. The zero-order chi connectivity index (χ0) is 8.27. The molecule has 0 fully saturated rings. The first-order valence-corrected chi connectivity index (χ1v) is 4.59. The van der Waals surface area contributed by atoms with Gasteiger partial charge in [0.2, 0.25) is 0 Å². The number of aromatic nitrogens is 3. The molecule has 0 N–H and O–H groups in total. The van der Waals surface area contributed by atoms with Crippen molar-refractivity contribution in [2.24, 2.45) is 7.05 Å². The van der Waals surface area contributed by atoms with Crippen LogP contribution < -0.4 is 0 Å². The van der Waals surface area contributed by atoms with Gasteiger partial charge >= 0.3 is 0 Å². The second kappa shape index (κ2) is 3.85. The van der Waals surface area contributed by atoms with Crippen LogP contribution in [0.1, 0.15) is 19.0 Å². The molecule has 0 saturated heterocycles. The van der Waals surface area contributed by atoms with Gasteiger partial charge in [-0.3, -0.25) is 4.68 Å². The quantitative estimate of drug-likeness (QED) is 0.720. The maximum atomic E-state index is 3.85. The monoisotopic (exact) mass is 217 g/mol. The minimum Gasteiger partial charge on any atom is -0.252 e. The molecular formula is C7H12BrN3. The van der Waals surface area contributed by atoms with Gasteiger partial charge < -0.3 is 0 Å². The SMILES string of the molecule is CC(Br)CCc1cnnn1C. The Kier molecular flexibility index (Phi) is 3.05. The Hall–Kier alpha value is -0.380. The van der Waals surface area contributed by atoms with Crippen LogP contribution in [-0.2, 0) is 13.5 Å². The zero-order valence-electron chi connectivity index (χ0n) is 6.79. The van der Waals surface area contributed by atoms with E-state index in [2.05, 4.69) is 33.2 Å². The largest absolute Gasteiger partial charge is 0.252 e. The molecule has 0 aromatic carbocycles. The van der Waals surface area contributed by atoms with Gasteiger partial charge in [0.1, 0.15) is 0 Å². The Morgan fingerprint density at radius 1 is 1.73 bits per heavy atom. The van der Waals surface area contributed by atoms with Crippen molar-refractivity contribution >= 4 is 15.9 Å². The zero-order valence-corrected chi connectivity index (χ0v) is 8.37. The van der Waals surface area contributed by atoms with Crippen LogP contribution in [0.3, 0.4) is 0 Å². The third kappa shape index (κ3) is 2.61. The number of hydrogen-bond donors (Lipinski definition) is 0. The normalized spacial score (nSPS) is 13.4. The van der Waals surface area contributed by atoms with Crippen LogP contribution in [0, 0.1) is 0 Å². The van der Waals surface area contributed by atoms with Crippen LogP contribution in [0.5, 0.6) is 0 Å². The van der Waals surface area contributed by atoms with Gasteiger partial charge in [-0.1, -0.05) is 28.1 Å². The molecule has 62 valence electrons. The maximum Gasteiger partial charge on any atom is 0.0724 e. The molecule has 1 heterocycles. The van der Waals surface area contributed by atoms with Crippen molar-refractivity contribution in [3.63, 3.8) is 0 Å². The Bertz CT molecular complexity index is 219. The molecule has 0 aliphatic rings. The molecule has 1 aromatic rings. The Labute approximate surface area is 74.9 Å². The molecule has 1 aromatic heterocycles. The fourth-order valence-corrected chi connectivity index (χ4v) is 1.11. The summed E-state index contributed by atoms with van der Waals surface area (Å²) in [5.74, 6) is 0. The molecule has 3 nitrogen and oxygen atoms in total. The highest BCUT2D eigenvalue weighted by Crippen LogP contribution is 2.07. The maximum absolute atomic E-state index is 3.85. The average molecular weight is 218 g/mol. The second-order valence-corrected chi connectivity index (χ2v) is 4.23. The molecule has 11 heavy (non-hydrogen) atoms. The van der Waals surface area contributed by atoms with Crippen LogP contribution >= 0.6 is 15.9 Å². The lowest BCUT2D eigenvalue weighted by atomic mass is 10.2. The summed E-state index contributed by atoms with van der Waals surface area (Å²) in [6.07, 6.45) is 3.98. The predicted molar refractivity (Wildman–Crippen MR) is 47.7 cm³/mol. The molecule has 1 rings (SSSR count). The summed E-state index contributed by atoms with van der Waals surface area (Å²) in [6, 6.07) is 0. The number of halogens is 1. The molecule has 0 saturated carbocycles. The first kappa shape index (κ1) is 8.71. The highest BCUT2D eigenvalue weighted by Gasteiger charge is 2.01. The Balaban J connectivity index is 2.44. The summed E-state index contributed by atoms with van der Waals surface area (Å²) in [5, 5.41) is 7.64. The van der Waals surface area contributed by atoms with Crippen molar-refractivity contribution < 1.29 is 0 Å². The number of rotatable bonds is 3. The molecule has 0 aliphatic carbocycles. The summed E-state index contributed by atoms with van der Waals surface area (Å²) < 4.78 is 1.81. The van der Waals surface area contributed by atoms with Crippen LogP contribution in [-0.4, -0.2) is 19.8 Å². The number of hydrogen-bond acceptors (Lipinski definition) is 2. The third-order valence-corrected chi connectivity index (χ3v) is 2.06. The summed E-state index contributed by atoms with van der Waals surface area (Å²) in [4.78, 5) is 0.567. The number of aryl methyl sites for hydroxylation is 2.